The van der Waals surface area contributed by atoms with E-state index in [0.29, 0.717) is 38.9 Å². The molecule has 0 unspecified atom stereocenters. The van der Waals surface area contributed by atoms with Crippen molar-refractivity contribution < 1.29 is 19.0 Å². The standard InChI is InChI=1S/C25H17BrClIN2O4/c1-14-19(27)3-2-4-21(14)30-25(31)17(11-29)7-16-8-18(26)24(20(28)9-16)32-12-15-5-6-22-23(10-15)34-13-33-22/h2-10H,12-13H2,1H3,(H,30,31)/b17-7-. The number of halogens is 3. The zero-order valence-electron chi connectivity index (χ0n) is 17.8. The lowest BCUT2D eigenvalue weighted by Gasteiger charge is -2.12. The number of fused-ring (bicyclic) bond motifs is 1. The summed E-state index contributed by atoms with van der Waals surface area (Å²) in [5, 5.41) is 12.9. The van der Waals surface area contributed by atoms with E-state index < -0.39 is 5.91 Å². The van der Waals surface area contributed by atoms with Crippen molar-refractivity contribution in [1.29, 1.82) is 5.26 Å². The predicted octanol–water partition coefficient (Wildman–Crippen LogP) is 6.87. The molecule has 1 heterocycles. The van der Waals surface area contributed by atoms with E-state index in [0.717, 1.165) is 20.4 Å². The molecule has 0 bridgehead atoms. The molecule has 1 amide bonds. The number of hydrogen-bond donors (Lipinski definition) is 1. The van der Waals surface area contributed by atoms with Crippen LogP contribution in [0.2, 0.25) is 5.02 Å². The van der Waals surface area contributed by atoms with Crippen LogP contribution in [-0.2, 0) is 11.4 Å². The molecule has 0 spiro atoms. The number of benzene rings is 3. The number of amides is 1. The molecule has 0 aliphatic carbocycles. The molecular weight excluding hydrogens is 635 g/mol. The highest BCUT2D eigenvalue weighted by Gasteiger charge is 2.16. The second-order valence-corrected chi connectivity index (χ2v) is 9.75. The van der Waals surface area contributed by atoms with Gasteiger partial charge in [-0.2, -0.15) is 5.26 Å². The summed E-state index contributed by atoms with van der Waals surface area (Å²) < 4.78 is 18.3. The van der Waals surface area contributed by atoms with E-state index in [4.69, 9.17) is 25.8 Å². The van der Waals surface area contributed by atoms with E-state index in [1.165, 1.54) is 6.08 Å². The Bertz CT molecular complexity index is 1330. The average molecular weight is 652 g/mol. The van der Waals surface area contributed by atoms with Gasteiger partial charge in [0.05, 0.1) is 8.04 Å². The summed E-state index contributed by atoms with van der Waals surface area (Å²) in [6, 6.07) is 16.5. The molecule has 0 saturated carbocycles. The van der Waals surface area contributed by atoms with Gasteiger partial charge < -0.3 is 19.5 Å². The molecule has 3 aromatic carbocycles. The van der Waals surface area contributed by atoms with Gasteiger partial charge in [0.15, 0.2) is 11.5 Å². The van der Waals surface area contributed by atoms with Crippen LogP contribution in [-0.4, -0.2) is 12.7 Å². The topological polar surface area (TPSA) is 80.6 Å². The number of hydrogen-bond acceptors (Lipinski definition) is 5. The van der Waals surface area contributed by atoms with Gasteiger partial charge in [-0.15, -0.1) is 0 Å². The monoisotopic (exact) mass is 650 g/mol. The molecular formula is C25H17BrClIN2O4. The normalized spacial score (nSPS) is 12.3. The van der Waals surface area contributed by atoms with E-state index in [2.05, 4.69) is 43.8 Å². The quantitative estimate of drug-likeness (QED) is 0.179. The van der Waals surface area contributed by atoms with Gasteiger partial charge >= 0.3 is 0 Å². The average Bonchev–Trinajstić information content (AvgIpc) is 3.28. The highest BCUT2D eigenvalue weighted by atomic mass is 127. The fourth-order valence-corrected chi connectivity index (χ4v) is 5.18. The number of rotatable bonds is 6. The van der Waals surface area contributed by atoms with Crippen LogP contribution in [0.1, 0.15) is 16.7 Å². The molecule has 9 heteroatoms. The van der Waals surface area contributed by atoms with Crippen molar-refractivity contribution >= 4 is 67.8 Å². The van der Waals surface area contributed by atoms with Crippen LogP contribution in [0.15, 0.2) is 58.6 Å². The number of nitrogens with one attached hydrogen (secondary N) is 1. The van der Waals surface area contributed by atoms with Crippen LogP contribution in [0, 0.1) is 21.8 Å². The minimum Gasteiger partial charge on any atom is -0.487 e. The maximum atomic E-state index is 12.7. The molecule has 1 aliphatic rings. The minimum atomic E-state index is -0.512. The third kappa shape index (κ3) is 5.49. The Kier molecular flexibility index (Phi) is 7.66. The third-order valence-electron chi connectivity index (χ3n) is 5.03. The zero-order chi connectivity index (χ0) is 24.2. The predicted molar refractivity (Wildman–Crippen MR) is 142 cm³/mol. The summed E-state index contributed by atoms with van der Waals surface area (Å²) >= 11 is 11.8. The largest absolute Gasteiger partial charge is 0.487 e. The Labute approximate surface area is 223 Å². The lowest BCUT2D eigenvalue weighted by atomic mass is 10.1. The maximum absolute atomic E-state index is 12.7. The van der Waals surface area contributed by atoms with Gasteiger partial charge in [-0.25, -0.2) is 0 Å². The summed E-state index contributed by atoms with van der Waals surface area (Å²) in [5.41, 5.74) is 2.88. The first-order valence-electron chi connectivity index (χ1n) is 10.0. The van der Waals surface area contributed by atoms with E-state index in [9.17, 15) is 10.1 Å². The van der Waals surface area contributed by atoms with E-state index in [1.54, 1.807) is 31.2 Å². The lowest BCUT2D eigenvalue weighted by molar-refractivity contribution is -0.112. The second kappa shape index (κ2) is 10.7. The molecule has 1 N–H and O–H groups in total. The van der Waals surface area contributed by atoms with Crippen LogP contribution in [0.25, 0.3) is 6.08 Å². The molecule has 0 atom stereocenters. The Balaban J connectivity index is 1.50. The Morgan fingerprint density at radius 3 is 2.82 bits per heavy atom. The number of carbonyl (C=O) groups is 1. The molecule has 34 heavy (non-hydrogen) atoms. The molecule has 0 fully saturated rings. The maximum Gasteiger partial charge on any atom is 0.266 e. The van der Waals surface area contributed by atoms with Crippen molar-refractivity contribution in [2.75, 3.05) is 12.1 Å². The van der Waals surface area contributed by atoms with Crippen molar-refractivity contribution in [3.05, 3.63) is 83.9 Å². The van der Waals surface area contributed by atoms with Gasteiger partial charge in [0.25, 0.3) is 5.91 Å². The van der Waals surface area contributed by atoms with Gasteiger partial charge in [-0.05, 0) is 105 Å². The summed E-state index contributed by atoms with van der Waals surface area (Å²) in [4.78, 5) is 12.7. The van der Waals surface area contributed by atoms with E-state index in [-0.39, 0.29) is 12.4 Å². The van der Waals surface area contributed by atoms with E-state index >= 15 is 0 Å². The van der Waals surface area contributed by atoms with Crippen molar-refractivity contribution in [3.8, 4) is 23.3 Å². The van der Waals surface area contributed by atoms with Crippen LogP contribution < -0.4 is 19.5 Å². The zero-order valence-corrected chi connectivity index (χ0v) is 22.3. The second-order valence-electron chi connectivity index (χ2n) is 7.33. The number of carbonyl (C=O) groups excluding carboxylic acids is 1. The molecule has 172 valence electrons. The number of anilines is 1. The van der Waals surface area contributed by atoms with Gasteiger partial charge in [0, 0.05) is 10.7 Å². The lowest BCUT2D eigenvalue weighted by Crippen LogP contribution is -2.14. The molecule has 1 aliphatic heterocycles. The summed E-state index contributed by atoms with van der Waals surface area (Å²) in [6.07, 6.45) is 1.53. The molecule has 6 nitrogen and oxygen atoms in total. The number of nitrogens with zero attached hydrogens (tertiary/aromatic N) is 1. The minimum absolute atomic E-state index is 0.0314. The Hall–Kier alpha value is -2.74. The number of nitriles is 1. The van der Waals surface area contributed by atoms with Crippen molar-refractivity contribution in [3.63, 3.8) is 0 Å². The fourth-order valence-electron chi connectivity index (χ4n) is 3.23. The molecule has 0 radical (unpaired) electrons. The SMILES string of the molecule is Cc1c(Cl)cccc1NC(=O)/C(C#N)=C\c1cc(Br)c(OCc2ccc3c(c2)OCO3)c(I)c1. The first kappa shape index (κ1) is 24.4. The number of ether oxygens (including phenoxy) is 3. The first-order valence-corrected chi connectivity index (χ1v) is 12.3. The van der Waals surface area contributed by atoms with Crippen LogP contribution >= 0.6 is 50.1 Å². The van der Waals surface area contributed by atoms with Crippen LogP contribution in [0.5, 0.6) is 17.2 Å². The van der Waals surface area contributed by atoms with Crippen molar-refractivity contribution in [1.82, 2.24) is 0 Å². The molecule has 3 aromatic rings. The highest BCUT2D eigenvalue weighted by molar-refractivity contribution is 14.1. The molecule has 4 rings (SSSR count). The smallest absolute Gasteiger partial charge is 0.266 e. The van der Waals surface area contributed by atoms with Gasteiger partial charge in [0.2, 0.25) is 6.79 Å². The van der Waals surface area contributed by atoms with E-state index in [1.807, 2.05) is 30.3 Å². The van der Waals surface area contributed by atoms with Gasteiger partial charge in [-0.1, -0.05) is 23.7 Å². The van der Waals surface area contributed by atoms with Crippen molar-refractivity contribution in [2.45, 2.75) is 13.5 Å². The summed E-state index contributed by atoms with van der Waals surface area (Å²) in [7, 11) is 0. The van der Waals surface area contributed by atoms with Gasteiger partial charge in [0.1, 0.15) is 24.0 Å². The molecule has 0 saturated heterocycles. The summed E-state index contributed by atoms with van der Waals surface area (Å²) in [5.74, 6) is 1.57. The first-order chi connectivity index (χ1) is 16.4. The van der Waals surface area contributed by atoms with Crippen LogP contribution in [0.3, 0.4) is 0 Å². The third-order valence-corrected chi connectivity index (χ3v) is 6.83. The van der Waals surface area contributed by atoms with Crippen LogP contribution in [0.4, 0.5) is 5.69 Å². The highest BCUT2D eigenvalue weighted by Crippen LogP contribution is 2.35. The Morgan fingerprint density at radius 2 is 2.06 bits per heavy atom. The molecule has 0 aromatic heterocycles. The van der Waals surface area contributed by atoms with Gasteiger partial charge in [-0.3, -0.25) is 4.79 Å². The summed E-state index contributed by atoms with van der Waals surface area (Å²) in [6.45, 7) is 2.36. The Morgan fingerprint density at radius 1 is 1.26 bits per heavy atom. The van der Waals surface area contributed by atoms with Crippen molar-refractivity contribution in [2.24, 2.45) is 0 Å². The fraction of sp³-hybridized carbons (Fsp3) is 0.120.